The highest BCUT2D eigenvalue weighted by atomic mass is 16.5. The topological polar surface area (TPSA) is 58.6 Å². The molecule has 1 N–H and O–H groups in total. The summed E-state index contributed by atoms with van der Waals surface area (Å²) in [5.74, 6) is -0.261. The molecular weight excluding hydrogens is 244 g/mol. The van der Waals surface area contributed by atoms with Crippen LogP contribution < -0.4 is 5.32 Å². The molecule has 5 nitrogen and oxygen atoms in total. The minimum atomic E-state index is -0.296. The van der Waals surface area contributed by atoms with E-state index in [1.807, 2.05) is 18.7 Å². The van der Waals surface area contributed by atoms with E-state index in [2.05, 4.69) is 5.32 Å². The molecule has 0 heterocycles. The maximum atomic E-state index is 12.1. The molecule has 110 valence electrons. The average Bonchev–Trinajstić information content (AvgIpc) is 2.88. The number of esters is 1. The van der Waals surface area contributed by atoms with Crippen molar-refractivity contribution < 1.29 is 14.3 Å². The van der Waals surface area contributed by atoms with Gasteiger partial charge in [-0.25, -0.2) is 0 Å². The van der Waals surface area contributed by atoms with Gasteiger partial charge in [-0.15, -0.1) is 0 Å². The Morgan fingerprint density at radius 2 is 1.95 bits per heavy atom. The zero-order valence-electron chi connectivity index (χ0n) is 12.3. The smallest absolute Gasteiger partial charge is 0.320 e. The van der Waals surface area contributed by atoms with Crippen molar-refractivity contribution >= 4 is 11.9 Å². The van der Waals surface area contributed by atoms with E-state index in [1.165, 1.54) is 12.8 Å². The van der Waals surface area contributed by atoms with E-state index in [0.29, 0.717) is 19.2 Å². The van der Waals surface area contributed by atoms with Gasteiger partial charge in [0.05, 0.1) is 19.2 Å². The minimum absolute atomic E-state index is 0.0121. The van der Waals surface area contributed by atoms with E-state index in [-0.39, 0.29) is 24.5 Å². The fourth-order valence-electron chi connectivity index (χ4n) is 2.45. The third kappa shape index (κ3) is 5.19. The molecule has 0 aromatic heterocycles. The van der Waals surface area contributed by atoms with Crippen molar-refractivity contribution in [1.29, 1.82) is 0 Å². The summed E-state index contributed by atoms with van der Waals surface area (Å²) in [6.45, 7) is 6.76. The van der Waals surface area contributed by atoms with E-state index in [9.17, 15) is 9.59 Å². The van der Waals surface area contributed by atoms with Crippen molar-refractivity contribution in [3.8, 4) is 0 Å². The van der Waals surface area contributed by atoms with Crippen molar-refractivity contribution in [1.82, 2.24) is 10.2 Å². The summed E-state index contributed by atoms with van der Waals surface area (Å²) in [4.78, 5) is 25.5. The first kappa shape index (κ1) is 16.0. The highest BCUT2D eigenvalue weighted by Gasteiger charge is 2.25. The second-order valence-corrected chi connectivity index (χ2v) is 5.03. The van der Waals surface area contributed by atoms with Crippen LogP contribution in [-0.4, -0.2) is 48.6 Å². The number of hydrogen-bond donors (Lipinski definition) is 1. The summed E-state index contributed by atoms with van der Waals surface area (Å²) < 4.78 is 4.93. The third-order valence-electron chi connectivity index (χ3n) is 3.67. The van der Waals surface area contributed by atoms with Gasteiger partial charge < -0.3 is 10.1 Å². The number of nitrogens with one attached hydrogen (secondary N) is 1. The van der Waals surface area contributed by atoms with Crippen molar-refractivity contribution in [2.45, 2.75) is 58.5 Å². The van der Waals surface area contributed by atoms with E-state index >= 15 is 0 Å². The molecule has 1 fully saturated rings. The number of carbonyl (C=O) groups excluding carboxylic acids is 2. The van der Waals surface area contributed by atoms with Crippen LogP contribution in [0.4, 0.5) is 0 Å². The first-order valence-corrected chi connectivity index (χ1v) is 7.28. The Labute approximate surface area is 115 Å². The molecule has 0 spiro atoms. The van der Waals surface area contributed by atoms with Gasteiger partial charge in [-0.1, -0.05) is 19.8 Å². The van der Waals surface area contributed by atoms with Crippen molar-refractivity contribution in [3.05, 3.63) is 0 Å². The lowest BCUT2D eigenvalue weighted by Crippen LogP contribution is -2.49. The average molecular weight is 270 g/mol. The van der Waals surface area contributed by atoms with Crippen LogP contribution in [-0.2, 0) is 14.3 Å². The van der Waals surface area contributed by atoms with Gasteiger partial charge in [0.15, 0.2) is 0 Å². The molecule has 1 rings (SSSR count). The van der Waals surface area contributed by atoms with Crippen LogP contribution in [0.5, 0.6) is 0 Å². The first-order chi connectivity index (χ1) is 9.08. The molecule has 19 heavy (non-hydrogen) atoms. The highest BCUT2D eigenvalue weighted by molar-refractivity contribution is 5.82. The predicted molar refractivity (Wildman–Crippen MR) is 73.7 cm³/mol. The van der Waals surface area contributed by atoms with Crippen molar-refractivity contribution in [2.75, 3.05) is 19.7 Å². The zero-order valence-corrected chi connectivity index (χ0v) is 12.3. The fraction of sp³-hybridized carbons (Fsp3) is 0.857. The molecule has 1 aliphatic rings. The fourth-order valence-corrected chi connectivity index (χ4v) is 2.45. The minimum Gasteiger partial charge on any atom is -0.465 e. The SMILES string of the molecule is CCOC(=O)CN(CC)C(C)C(=O)NC1CCCC1. The highest BCUT2D eigenvalue weighted by Crippen LogP contribution is 2.17. The van der Waals surface area contributed by atoms with Gasteiger partial charge in [-0.05, 0) is 33.2 Å². The van der Waals surface area contributed by atoms with Gasteiger partial charge in [-0.3, -0.25) is 14.5 Å². The predicted octanol–water partition coefficient (Wildman–Crippen LogP) is 1.32. The van der Waals surface area contributed by atoms with Crippen molar-refractivity contribution in [3.63, 3.8) is 0 Å². The van der Waals surface area contributed by atoms with Gasteiger partial charge in [0.1, 0.15) is 0 Å². The van der Waals surface area contributed by atoms with Crippen LogP contribution in [0, 0.1) is 0 Å². The largest absolute Gasteiger partial charge is 0.465 e. The number of ether oxygens (including phenoxy) is 1. The second-order valence-electron chi connectivity index (χ2n) is 5.03. The summed E-state index contributed by atoms with van der Waals surface area (Å²) in [7, 11) is 0. The lowest BCUT2D eigenvalue weighted by atomic mass is 10.2. The number of hydrogen-bond acceptors (Lipinski definition) is 4. The Kier molecular flexibility index (Phi) is 6.84. The summed E-state index contributed by atoms with van der Waals surface area (Å²) in [5.41, 5.74) is 0. The second kappa shape index (κ2) is 8.15. The molecule has 1 saturated carbocycles. The molecule has 1 atom stereocenters. The van der Waals surface area contributed by atoms with Crippen LogP contribution >= 0.6 is 0 Å². The summed E-state index contributed by atoms with van der Waals surface area (Å²) >= 11 is 0. The molecule has 1 amide bonds. The molecule has 0 radical (unpaired) electrons. The molecule has 1 aliphatic carbocycles. The maximum absolute atomic E-state index is 12.1. The van der Waals surface area contributed by atoms with Crippen molar-refractivity contribution in [2.24, 2.45) is 0 Å². The van der Waals surface area contributed by atoms with E-state index in [0.717, 1.165) is 12.8 Å². The van der Waals surface area contributed by atoms with Gasteiger partial charge in [-0.2, -0.15) is 0 Å². The van der Waals surface area contributed by atoms with E-state index in [1.54, 1.807) is 6.92 Å². The lowest BCUT2D eigenvalue weighted by molar-refractivity contribution is -0.145. The normalized spacial score (nSPS) is 17.5. The first-order valence-electron chi connectivity index (χ1n) is 7.28. The molecule has 0 saturated heterocycles. The molecule has 5 heteroatoms. The number of amides is 1. The Balaban J connectivity index is 2.44. The molecule has 0 aromatic rings. The number of rotatable bonds is 7. The summed E-state index contributed by atoms with van der Waals surface area (Å²) in [6.07, 6.45) is 4.53. The van der Waals surface area contributed by atoms with E-state index < -0.39 is 0 Å². The summed E-state index contributed by atoms with van der Waals surface area (Å²) in [6, 6.07) is 0.0197. The quantitative estimate of drug-likeness (QED) is 0.709. The standard InChI is InChI=1S/C14H26N2O3/c1-4-16(10-13(17)19-5-2)11(3)14(18)15-12-8-6-7-9-12/h11-12H,4-10H2,1-3H3,(H,15,18). The van der Waals surface area contributed by atoms with Crippen LogP contribution in [0.2, 0.25) is 0 Å². The molecule has 0 aromatic carbocycles. The van der Waals surface area contributed by atoms with Gasteiger partial charge in [0.2, 0.25) is 5.91 Å². The zero-order chi connectivity index (χ0) is 14.3. The molecular formula is C14H26N2O3. The van der Waals surface area contributed by atoms with Crippen LogP contribution in [0.25, 0.3) is 0 Å². The van der Waals surface area contributed by atoms with Crippen LogP contribution in [0.3, 0.4) is 0 Å². The molecule has 0 bridgehead atoms. The third-order valence-corrected chi connectivity index (χ3v) is 3.67. The number of likely N-dealkylation sites (N-methyl/N-ethyl adjacent to an activating group) is 1. The molecule has 1 unspecified atom stereocenters. The van der Waals surface area contributed by atoms with Gasteiger partial charge >= 0.3 is 5.97 Å². The van der Waals surface area contributed by atoms with Crippen LogP contribution in [0.15, 0.2) is 0 Å². The monoisotopic (exact) mass is 270 g/mol. The van der Waals surface area contributed by atoms with Crippen LogP contribution in [0.1, 0.15) is 46.5 Å². The number of nitrogens with zero attached hydrogens (tertiary/aromatic N) is 1. The van der Waals surface area contributed by atoms with Gasteiger partial charge in [0, 0.05) is 6.04 Å². The lowest BCUT2D eigenvalue weighted by Gasteiger charge is -2.27. The van der Waals surface area contributed by atoms with Gasteiger partial charge in [0.25, 0.3) is 0 Å². The van der Waals surface area contributed by atoms with E-state index in [4.69, 9.17) is 4.74 Å². The number of carbonyl (C=O) groups is 2. The Bertz CT molecular complexity index is 301. The Morgan fingerprint density at radius 3 is 2.47 bits per heavy atom. The maximum Gasteiger partial charge on any atom is 0.320 e. The Morgan fingerprint density at radius 1 is 1.32 bits per heavy atom. The molecule has 0 aliphatic heterocycles. The Hall–Kier alpha value is -1.10. The summed E-state index contributed by atoms with van der Waals surface area (Å²) in [5, 5.41) is 3.07.